The SMILES string of the molecule is CCN(CC)Sc1cnc(OC)c(Br)c1. The Bertz CT molecular complexity index is 318. The van der Waals surface area contributed by atoms with Crippen LogP contribution in [-0.4, -0.2) is 29.5 Å². The third-order valence-corrected chi connectivity index (χ3v) is 3.69. The van der Waals surface area contributed by atoms with Crippen LogP contribution in [0.4, 0.5) is 0 Å². The molecule has 0 saturated heterocycles. The smallest absolute Gasteiger partial charge is 0.227 e. The zero-order valence-electron chi connectivity index (χ0n) is 9.16. The Morgan fingerprint density at radius 3 is 2.60 bits per heavy atom. The first-order valence-corrected chi connectivity index (χ1v) is 6.40. The summed E-state index contributed by atoms with van der Waals surface area (Å²) in [6, 6.07) is 2.02. The van der Waals surface area contributed by atoms with Crippen LogP contribution in [0.15, 0.2) is 21.6 Å². The third-order valence-electron chi connectivity index (χ3n) is 1.92. The van der Waals surface area contributed by atoms with Gasteiger partial charge in [-0.05, 0) is 33.9 Å². The van der Waals surface area contributed by atoms with E-state index in [4.69, 9.17) is 4.74 Å². The van der Waals surface area contributed by atoms with Crippen molar-refractivity contribution in [2.24, 2.45) is 0 Å². The lowest BCUT2D eigenvalue weighted by Crippen LogP contribution is -2.13. The minimum atomic E-state index is 0.624. The number of ether oxygens (including phenoxy) is 1. The molecule has 0 saturated carbocycles. The standard InChI is InChI=1S/C10H15BrN2OS/c1-4-13(5-2)15-8-6-9(11)10(14-3)12-7-8/h6-7H,4-5H2,1-3H3. The van der Waals surface area contributed by atoms with Crippen molar-refractivity contribution in [1.29, 1.82) is 0 Å². The highest BCUT2D eigenvalue weighted by molar-refractivity contribution is 9.10. The van der Waals surface area contributed by atoms with E-state index in [-0.39, 0.29) is 0 Å². The first-order chi connectivity index (χ1) is 7.21. The molecule has 1 rings (SSSR count). The van der Waals surface area contributed by atoms with Crippen LogP contribution in [0.25, 0.3) is 0 Å². The molecule has 1 heterocycles. The summed E-state index contributed by atoms with van der Waals surface area (Å²) in [7, 11) is 1.62. The highest BCUT2D eigenvalue weighted by Crippen LogP contribution is 2.29. The Kier molecular flexibility index (Phi) is 5.42. The predicted octanol–water partition coefficient (Wildman–Crippen LogP) is 3.20. The molecular formula is C10H15BrN2OS. The van der Waals surface area contributed by atoms with E-state index < -0.39 is 0 Å². The third kappa shape index (κ3) is 3.66. The number of aromatic nitrogens is 1. The first-order valence-electron chi connectivity index (χ1n) is 4.83. The van der Waals surface area contributed by atoms with E-state index >= 15 is 0 Å². The van der Waals surface area contributed by atoms with Gasteiger partial charge < -0.3 is 4.74 Å². The van der Waals surface area contributed by atoms with Gasteiger partial charge in [0.15, 0.2) is 0 Å². The fourth-order valence-electron chi connectivity index (χ4n) is 1.11. The normalized spacial score (nSPS) is 10.7. The summed E-state index contributed by atoms with van der Waals surface area (Å²) in [5.74, 6) is 0.624. The van der Waals surface area contributed by atoms with Crippen molar-refractivity contribution < 1.29 is 4.74 Å². The van der Waals surface area contributed by atoms with E-state index in [1.807, 2.05) is 12.3 Å². The van der Waals surface area contributed by atoms with Crippen molar-refractivity contribution in [2.75, 3.05) is 20.2 Å². The molecule has 0 spiro atoms. The Morgan fingerprint density at radius 2 is 2.13 bits per heavy atom. The Hall–Kier alpha value is -0.260. The van der Waals surface area contributed by atoms with Crippen molar-refractivity contribution in [2.45, 2.75) is 18.7 Å². The van der Waals surface area contributed by atoms with Crippen LogP contribution in [0.1, 0.15) is 13.8 Å². The monoisotopic (exact) mass is 290 g/mol. The molecule has 0 aliphatic carbocycles. The summed E-state index contributed by atoms with van der Waals surface area (Å²) in [5, 5.41) is 0. The molecule has 0 atom stereocenters. The van der Waals surface area contributed by atoms with Gasteiger partial charge in [0.25, 0.3) is 0 Å². The summed E-state index contributed by atoms with van der Waals surface area (Å²) in [4.78, 5) is 5.32. The lowest BCUT2D eigenvalue weighted by molar-refractivity contribution is 0.394. The fourth-order valence-corrected chi connectivity index (χ4v) is 2.60. The average molecular weight is 291 g/mol. The van der Waals surface area contributed by atoms with Crippen LogP contribution < -0.4 is 4.74 Å². The Labute approximate surface area is 103 Å². The van der Waals surface area contributed by atoms with Gasteiger partial charge >= 0.3 is 0 Å². The lowest BCUT2D eigenvalue weighted by atomic mass is 10.5. The van der Waals surface area contributed by atoms with E-state index in [1.54, 1.807) is 19.1 Å². The molecule has 0 bridgehead atoms. The maximum Gasteiger partial charge on any atom is 0.227 e. The summed E-state index contributed by atoms with van der Waals surface area (Å²) in [6.07, 6.45) is 1.83. The molecule has 0 fully saturated rings. The average Bonchev–Trinajstić information content (AvgIpc) is 2.26. The number of pyridine rings is 1. The van der Waals surface area contributed by atoms with E-state index in [2.05, 4.69) is 39.1 Å². The lowest BCUT2D eigenvalue weighted by Gasteiger charge is -2.16. The molecule has 0 radical (unpaired) electrons. The number of nitrogens with zero attached hydrogens (tertiary/aromatic N) is 2. The van der Waals surface area contributed by atoms with Gasteiger partial charge in [-0.1, -0.05) is 13.8 Å². The molecule has 1 aromatic heterocycles. The molecule has 0 aromatic carbocycles. The van der Waals surface area contributed by atoms with E-state index in [0.717, 1.165) is 22.5 Å². The van der Waals surface area contributed by atoms with Crippen LogP contribution in [0.3, 0.4) is 0 Å². The quantitative estimate of drug-likeness (QED) is 0.778. The maximum absolute atomic E-state index is 5.08. The second-order valence-electron chi connectivity index (χ2n) is 2.87. The summed E-state index contributed by atoms with van der Waals surface area (Å²) >= 11 is 5.13. The predicted molar refractivity (Wildman–Crippen MR) is 67.3 cm³/mol. The van der Waals surface area contributed by atoms with Crippen LogP contribution in [0.2, 0.25) is 0 Å². The van der Waals surface area contributed by atoms with Gasteiger partial charge in [0, 0.05) is 24.2 Å². The zero-order chi connectivity index (χ0) is 11.3. The van der Waals surface area contributed by atoms with Gasteiger partial charge in [0.2, 0.25) is 5.88 Å². The van der Waals surface area contributed by atoms with Gasteiger partial charge in [-0.15, -0.1) is 0 Å². The van der Waals surface area contributed by atoms with Crippen LogP contribution in [0.5, 0.6) is 5.88 Å². The second-order valence-corrected chi connectivity index (χ2v) is 4.89. The number of hydrogen-bond donors (Lipinski definition) is 0. The maximum atomic E-state index is 5.08. The van der Waals surface area contributed by atoms with Crippen LogP contribution >= 0.6 is 27.9 Å². The number of methoxy groups -OCH3 is 1. The molecule has 5 heteroatoms. The molecule has 3 nitrogen and oxygen atoms in total. The van der Waals surface area contributed by atoms with Gasteiger partial charge in [-0.25, -0.2) is 9.29 Å². The van der Waals surface area contributed by atoms with E-state index in [1.165, 1.54) is 0 Å². The van der Waals surface area contributed by atoms with Crippen molar-refractivity contribution in [3.8, 4) is 5.88 Å². The number of rotatable bonds is 5. The van der Waals surface area contributed by atoms with E-state index in [9.17, 15) is 0 Å². The van der Waals surface area contributed by atoms with Gasteiger partial charge in [0.1, 0.15) is 0 Å². The van der Waals surface area contributed by atoms with Gasteiger partial charge in [0.05, 0.1) is 11.6 Å². The molecule has 0 aliphatic rings. The highest BCUT2D eigenvalue weighted by atomic mass is 79.9. The zero-order valence-corrected chi connectivity index (χ0v) is 11.6. The van der Waals surface area contributed by atoms with Crippen LogP contribution in [-0.2, 0) is 0 Å². The molecule has 0 amide bonds. The molecule has 0 N–H and O–H groups in total. The Balaban J connectivity index is 2.74. The Morgan fingerprint density at radius 1 is 1.47 bits per heavy atom. The second kappa shape index (κ2) is 6.35. The van der Waals surface area contributed by atoms with E-state index in [0.29, 0.717) is 5.88 Å². The van der Waals surface area contributed by atoms with Crippen molar-refractivity contribution in [1.82, 2.24) is 9.29 Å². The molecule has 0 unspecified atom stereocenters. The van der Waals surface area contributed by atoms with Crippen molar-refractivity contribution in [3.05, 3.63) is 16.7 Å². The van der Waals surface area contributed by atoms with Crippen molar-refractivity contribution >= 4 is 27.9 Å². The van der Waals surface area contributed by atoms with Gasteiger partial charge in [-0.2, -0.15) is 0 Å². The molecule has 1 aromatic rings. The molecule has 84 valence electrons. The first kappa shape index (κ1) is 12.8. The van der Waals surface area contributed by atoms with Crippen LogP contribution in [0, 0.1) is 0 Å². The highest BCUT2D eigenvalue weighted by Gasteiger charge is 2.06. The number of hydrogen-bond acceptors (Lipinski definition) is 4. The molecule has 0 aliphatic heterocycles. The largest absolute Gasteiger partial charge is 0.480 e. The minimum absolute atomic E-state index is 0.624. The summed E-state index contributed by atoms with van der Waals surface area (Å²) in [5.41, 5.74) is 0. The topological polar surface area (TPSA) is 25.4 Å². The number of halogens is 1. The van der Waals surface area contributed by atoms with Gasteiger partial charge in [-0.3, -0.25) is 0 Å². The summed E-state index contributed by atoms with van der Waals surface area (Å²) in [6.45, 7) is 6.32. The molecular weight excluding hydrogens is 276 g/mol. The van der Waals surface area contributed by atoms with Crippen molar-refractivity contribution in [3.63, 3.8) is 0 Å². The fraction of sp³-hybridized carbons (Fsp3) is 0.500. The molecule has 15 heavy (non-hydrogen) atoms. The minimum Gasteiger partial charge on any atom is -0.480 e. The summed E-state index contributed by atoms with van der Waals surface area (Å²) < 4.78 is 8.23.